The van der Waals surface area contributed by atoms with Gasteiger partial charge < -0.3 is 44.2 Å². The summed E-state index contributed by atoms with van der Waals surface area (Å²) in [6, 6.07) is 2.69. The molecule has 6 heterocycles. The van der Waals surface area contributed by atoms with Gasteiger partial charge in [-0.25, -0.2) is 29.7 Å². The van der Waals surface area contributed by atoms with Gasteiger partial charge in [-0.05, 0) is 0 Å². The third-order valence-electron chi connectivity index (χ3n) is 7.44. The van der Waals surface area contributed by atoms with Gasteiger partial charge in [0.15, 0.2) is 41.5 Å². The summed E-state index contributed by atoms with van der Waals surface area (Å²) in [5.41, 5.74) is 3.22. The first-order valence-corrected chi connectivity index (χ1v) is 16.6. The lowest BCUT2D eigenvalue weighted by Gasteiger charge is -2.26. The first-order chi connectivity index (χ1) is 22.3. The number of phosphoric acid groups is 2. The number of nitrogens with one attached hydrogen (secondary N) is 1. The first-order valence-electron chi connectivity index (χ1n) is 13.6. The van der Waals surface area contributed by atoms with Gasteiger partial charge in [-0.2, -0.15) is 4.57 Å². The summed E-state index contributed by atoms with van der Waals surface area (Å²) >= 11 is 0. The lowest BCUT2D eigenvalue weighted by Crippen LogP contribution is -2.46. The van der Waals surface area contributed by atoms with Gasteiger partial charge in [-0.1, -0.05) is 0 Å². The molecule has 22 nitrogen and oxygen atoms in total. The molecule has 2 aliphatic heterocycles. The Hall–Kier alpha value is -3.31. The van der Waals surface area contributed by atoms with E-state index in [2.05, 4.69) is 23.8 Å². The van der Waals surface area contributed by atoms with E-state index in [1.807, 2.05) is 5.43 Å². The van der Waals surface area contributed by atoms with Crippen LogP contribution in [0.4, 0.5) is 0 Å². The third-order valence-corrected chi connectivity index (χ3v) is 10.0. The summed E-state index contributed by atoms with van der Waals surface area (Å²) in [6.07, 6.45) is -3.22. The Labute approximate surface area is 262 Å². The van der Waals surface area contributed by atoms with E-state index < -0.39 is 83.8 Å². The molecule has 4 aromatic heterocycles. The number of hydrogen-bond acceptors (Lipinski definition) is 17. The number of nitrogens with zero attached hydrogens (tertiary/aromatic N) is 6. The summed E-state index contributed by atoms with van der Waals surface area (Å²) in [7, 11) is -11.0. The second kappa shape index (κ2) is 13.0. The number of phosphoric ester groups is 2. The van der Waals surface area contributed by atoms with Gasteiger partial charge >= 0.3 is 7.82 Å². The second-order valence-electron chi connectivity index (χ2n) is 10.4. The zero-order chi connectivity index (χ0) is 33.7. The Morgan fingerprint density at radius 2 is 1.66 bits per heavy atom. The molecule has 1 amide bonds. The van der Waals surface area contributed by atoms with Crippen LogP contribution in [0.1, 0.15) is 22.8 Å². The van der Waals surface area contributed by atoms with E-state index in [0.29, 0.717) is 11.2 Å². The molecular weight excluding hydrogens is 674 g/mol. The Morgan fingerprint density at radius 1 is 0.979 bits per heavy atom. The van der Waals surface area contributed by atoms with Gasteiger partial charge in [0.25, 0.3) is 20.0 Å². The van der Waals surface area contributed by atoms with Gasteiger partial charge in [-0.15, -0.1) is 0 Å². The maximum atomic E-state index is 12.5. The number of carbonyl (C=O) groups excluding carboxylic acids is 1. The number of amides is 1. The van der Waals surface area contributed by atoms with E-state index in [4.69, 9.17) is 19.8 Å². The Kier molecular flexibility index (Phi) is 9.25. The highest BCUT2D eigenvalue weighted by atomic mass is 31.3. The molecule has 47 heavy (non-hydrogen) atoms. The van der Waals surface area contributed by atoms with Crippen molar-refractivity contribution in [2.75, 3.05) is 13.2 Å². The van der Waals surface area contributed by atoms with Crippen LogP contribution in [0.15, 0.2) is 49.6 Å². The Balaban J connectivity index is 1.03. The standard InChI is InChI=1S/C23H28N8O14P2/c24-28-21(36)11-1-4-29(5-2-11)22-17(34)15(32)12(43-22)7-41-46(37,38)45-47(39,40)42-8-13-16(33)18(35)23(44-13)31-10-26-14-19-25-3-6-30(19)9-27-20(14)31/h1-6,9-10,12-13,15-18,22-24,32-35H,7-8H2,(H3,36,37,38,39,40)/t12-,13-,15-,16-,17-,18-,22-,23?/m1/s1. The topological polar surface area (TPSA) is 312 Å². The van der Waals surface area contributed by atoms with Crippen molar-refractivity contribution < 1.29 is 71.5 Å². The quantitative estimate of drug-likeness (QED) is 0.0262. The van der Waals surface area contributed by atoms with Gasteiger partial charge in [0.05, 0.1) is 25.1 Å². The molecule has 24 heteroatoms. The maximum Gasteiger partial charge on any atom is 0.478 e. The fourth-order valence-corrected chi connectivity index (χ4v) is 7.14. The minimum Gasteiger partial charge on any atom is -0.756 e. The highest BCUT2D eigenvalue weighted by Gasteiger charge is 2.49. The van der Waals surface area contributed by atoms with E-state index in [9.17, 15) is 44.1 Å². The van der Waals surface area contributed by atoms with Crippen LogP contribution in [0.5, 0.6) is 0 Å². The van der Waals surface area contributed by atoms with E-state index >= 15 is 0 Å². The van der Waals surface area contributed by atoms with E-state index in [1.54, 1.807) is 10.6 Å². The number of rotatable bonds is 11. The molecular formula is C23H28N8O14P2. The molecule has 3 unspecified atom stereocenters. The largest absolute Gasteiger partial charge is 0.756 e. The van der Waals surface area contributed by atoms with Crippen LogP contribution in [0, 0.1) is 0 Å². The van der Waals surface area contributed by atoms with Gasteiger partial charge in [0, 0.05) is 24.5 Å². The number of nitrogens with two attached hydrogens (primary N) is 1. The maximum absolute atomic E-state index is 12.5. The number of aromatic nitrogens is 6. The molecule has 4 aromatic rings. The van der Waals surface area contributed by atoms with Crippen LogP contribution >= 0.6 is 15.6 Å². The summed E-state index contributed by atoms with van der Waals surface area (Å²) in [6.45, 7) is -1.85. The van der Waals surface area contributed by atoms with Gasteiger partial charge in [0.2, 0.25) is 0 Å². The SMILES string of the molecule is NNC(=O)c1cc[n+]([C@@H]2O[C@H](COP(=O)([O-])OP(=O)(O)OC[C@H]3OC(n4cnc5c4ncn4ccnc54)[C@H](O)[C@@H]3O)[C@@H](O)[C@H]2O)cc1. The highest BCUT2D eigenvalue weighted by molar-refractivity contribution is 7.60. The average Bonchev–Trinajstić information content (AvgIpc) is 3.81. The van der Waals surface area contributed by atoms with Crippen LogP contribution in [0.25, 0.3) is 16.8 Å². The van der Waals surface area contributed by atoms with Crippen molar-refractivity contribution in [3.05, 3.63) is 55.1 Å². The van der Waals surface area contributed by atoms with Crippen molar-refractivity contribution in [1.82, 2.24) is 29.3 Å². The number of fused-ring (bicyclic) bond motifs is 3. The molecule has 0 saturated carbocycles. The average molecular weight is 702 g/mol. The summed E-state index contributed by atoms with van der Waals surface area (Å²) in [5, 5.41) is 41.9. The number of imidazole rings is 2. The lowest BCUT2D eigenvalue weighted by molar-refractivity contribution is -0.765. The molecule has 0 radical (unpaired) electrons. The first kappa shape index (κ1) is 33.6. The molecule has 0 aliphatic carbocycles. The molecule has 2 aliphatic rings. The number of hydrazine groups is 1. The van der Waals surface area contributed by atoms with Gasteiger partial charge in [-0.3, -0.25) is 28.3 Å². The molecule has 0 bridgehead atoms. The minimum absolute atomic E-state index is 0.183. The monoisotopic (exact) mass is 702 g/mol. The lowest BCUT2D eigenvalue weighted by atomic mass is 10.1. The van der Waals surface area contributed by atoms with Crippen LogP contribution in [0.2, 0.25) is 0 Å². The Bertz CT molecular complexity index is 1860. The Morgan fingerprint density at radius 3 is 2.38 bits per heavy atom. The fourth-order valence-electron chi connectivity index (χ4n) is 5.09. The third kappa shape index (κ3) is 6.70. The van der Waals surface area contributed by atoms with Crippen molar-refractivity contribution >= 4 is 38.4 Å². The molecule has 254 valence electrons. The smallest absolute Gasteiger partial charge is 0.478 e. The number of aliphatic hydroxyl groups excluding tert-OH is 4. The number of nitrogen functional groups attached to an aromatic ring is 1. The van der Waals surface area contributed by atoms with Crippen LogP contribution in [-0.4, -0.2) is 105 Å². The highest BCUT2D eigenvalue weighted by Crippen LogP contribution is 2.58. The molecule has 10 atom stereocenters. The summed E-state index contributed by atoms with van der Waals surface area (Å²) in [4.78, 5) is 46.7. The number of aliphatic hydroxyl groups is 4. The predicted molar refractivity (Wildman–Crippen MR) is 147 cm³/mol. The van der Waals surface area contributed by atoms with Crippen molar-refractivity contribution in [3.8, 4) is 0 Å². The minimum atomic E-state index is -5.61. The predicted octanol–water partition coefficient (Wildman–Crippen LogP) is -3.47. The molecule has 0 spiro atoms. The fraction of sp³-hybridized carbons (Fsp3) is 0.435. The normalized spacial score (nSPS) is 30.4. The molecule has 2 fully saturated rings. The van der Waals surface area contributed by atoms with E-state index in [0.717, 1.165) is 0 Å². The zero-order valence-corrected chi connectivity index (χ0v) is 25.5. The van der Waals surface area contributed by atoms with Crippen molar-refractivity contribution in [1.29, 1.82) is 0 Å². The molecule has 8 N–H and O–H groups in total. The van der Waals surface area contributed by atoms with Crippen LogP contribution in [0.3, 0.4) is 0 Å². The zero-order valence-electron chi connectivity index (χ0n) is 23.7. The van der Waals surface area contributed by atoms with Crippen molar-refractivity contribution in [2.24, 2.45) is 5.84 Å². The number of carbonyl (C=O) groups is 1. The second-order valence-corrected chi connectivity index (χ2v) is 13.4. The number of ether oxygens (including phenoxy) is 2. The molecule has 6 rings (SSSR count). The summed E-state index contributed by atoms with van der Waals surface area (Å²) in [5.74, 6) is 4.50. The van der Waals surface area contributed by atoms with Crippen LogP contribution < -0.4 is 20.7 Å². The molecule has 2 saturated heterocycles. The van der Waals surface area contributed by atoms with Crippen molar-refractivity contribution in [2.45, 2.75) is 49.1 Å². The van der Waals surface area contributed by atoms with Crippen molar-refractivity contribution in [3.63, 3.8) is 0 Å². The van der Waals surface area contributed by atoms with Gasteiger partial charge in [0.1, 0.15) is 36.8 Å². The van der Waals surface area contributed by atoms with Crippen LogP contribution in [-0.2, 0) is 32.0 Å². The summed E-state index contributed by atoms with van der Waals surface area (Å²) < 4.78 is 53.7. The molecule has 0 aromatic carbocycles. The van der Waals surface area contributed by atoms with E-state index in [-0.39, 0.29) is 11.2 Å². The number of pyridine rings is 1. The van der Waals surface area contributed by atoms with E-state index in [1.165, 1.54) is 52.5 Å². The number of hydrogen-bond donors (Lipinski definition) is 7.